The summed E-state index contributed by atoms with van der Waals surface area (Å²) in [5.74, 6) is -1.15. The lowest BCUT2D eigenvalue weighted by molar-refractivity contribution is -0.119. The van der Waals surface area contributed by atoms with E-state index in [1.807, 2.05) is 20.8 Å². The van der Waals surface area contributed by atoms with Crippen LogP contribution < -0.4 is 10.6 Å². The first-order valence-corrected chi connectivity index (χ1v) is 9.35. The van der Waals surface area contributed by atoms with Gasteiger partial charge in [-0.15, -0.1) is 5.10 Å². The van der Waals surface area contributed by atoms with E-state index < -0.39 is 18.5 Å². The van der Waals surface area contributed by atoms with Crippen LogP contribution in [0.4, 0.5) is 5.69 Å². The number of amides is 2. The van der Waals surface area contributed by atoms with Crippen molar-refractivity contribution in [1.29, 1.82) is 0 Å². The van der Waals surface area contributed by atoms with Crippen molar-refractivity contribution < 1.29 is 19.1 Å². The minimum atomic E-state index is -0.639. The Hall–Kier alpha value is -2.81. The monoisotopic (exact) mass is 390 g/mol. The van der Waals surface area contributed by atoms with Gasteiger partial charge in [-0.3, -0.25) is 9.59 Å². The maximum atomic E-state index is 12.3. The average molecular weight is 390 g/mol. The molecule has 2 rings (SSSR count). The zero-order valence-corrected chi connectivity index (χ0v) is 16.3. The van der Waals surface area contributed by atoms with Gasteiger partial charge in [0.05, 0.1) is 16.9 Å². The SMILES string of the molecule is CCc1nnsc1C(=O)OCC(=O)Nc1ccccc1C(=O)NCC(C)C. The summed E-state index contributed by atoms with van der Waals surface area (Å²) in [6.45, 7) is 5.89. The molecule has 1 heterocycles. The number of nitrogens with one attached hydrogen (secondary N) is 2. The van der Waals surface area contributed by atoms with Crippen LogP contribution in [0.25, 0.3) is 0 Å². The van der Waals surface area contributed by atoms with Crippen LogP contribution in [0.3, 0.4) is 0 Å². The zero-order chi connectivity index (χ0) is 19.8. The number of benzene rings is 1. The van der Waals surface area contributed by atoms with Gasteiger partial charge in [0.1, 0.15) is 0 Å². The predicted octanol–water partition coefficient (Wildman–Crippen LogP) is 2.28. The highest BCUT2D eigenvalue weighted by atomic mass is 32.1. The molecule has 1 aromatic carbocycles. The summed E-state index contributed by atoms with van der Waals surface area (Å²) in [5.41, 5.74) is 1.24. The van der Waals surface area contributed by atoms with Gasteiger partial charge in [0, 0.05) is 6.54 Å². The van der Waals surface area contributed by atoms with Crippen LogP contribution in [0.15, 0.2) is 24.3 Å². The van der Waals surface area contributed by atoms with Crippen LogP contribution >= 0.6 is 11.5 Å². The molecule has 144 valence electrons. The standard InChI is InChI=1S/C18H22N4O4S/c1-4-13-16(27-22-21-13)18(25)26-10-15(23)20-14-8-6-5-7-12(14)17(24)19-9-11(2)3/h5-8,11H,4,9-10H2,1-3H3,(H,19,24)(H,20,23). The number of aromatic nitrogens is 2. The van der Waals surface area contributed by atoms with Crippen molar-refractivity contribution in [3.8, 4) is 0 Å². The number of hydrogen-bond donors (Lipinski definition) is 2. The average Bonchev–Trinajstić information content (AvgIpc) is 3.13. The van der Waals surface area contributed by atoms with Gasteiger partial charge in [-0.2, -0.15) is 0 Å². The third kappa shape index (κ3) is 5.85. The third-order valence-corrected chi connectivity index (χ3v) is 4.28. The summed E-state index contributed by atoms with van der Waals surface area (Å²) in [4.78, 5) is 36.7. The molecule has 0 fully saturated rings. The minimum absolute atomic E-state index is 0.278. The molecule has 27 heavy (non-hydrogen) atoms. The van der Waals surface area contributed by atoms with Crippen LogP contribution in [-0.2, 0) is 16.0 Å². The fourth-order valence-corrected chi connectivity index (χ4v) is 2.81. The van der Waals surface area contributed by atoms with Gasteiger partial charge in [0.25, 0.3) is 11.8 Å². The maximum absolute atomic E-state index is 12.3. The number of ether oxygens (including phenoxy) is 1. The second-order valence-electron chi connectivity index (χ2n) is 6.18. The molecule has 0 unspecified atom stereocenters. The van der Waals surface area contributed by atoms with Gasteiger partial charge in [0.2, 0.25) is 0 Å². The number of para-hydroxylation sites is 1. The Labute approximate surface area is 161 Å². The second-order valence-corrected chi connectivity index (χ2v) is 6.93. The fourth-order valence-electron chi connectivity index (χ4n) is 2.16. The molecule has 8 nitrogen and oxygen atoms in total. The van der Waals surface area contributed by atoms with E-state index in [0.717, 1.165) is 11.5 Å². The van der Waals surface area contributed by atoms with E-state index in [0.29, 0.717) is 40.7 Å². The second kappa shape index (κ2) is 9.77. The molecule has 2 N–H and O–H groups in total. The number of aryl methyl sites for hydroxylation is 1. The van der Waals surface area contributed by atoms with E-state index in [1.54, 1.807) is 24.3 Å². The lowest BCUT2D eigenvalue weighted by Crippen LogP contribution is -2.29. The highest BCUT2D eigenvalue weighted by Crippen LogP contribution is 2.16. The number of carbonyl (C=O) groups excluding carboxylic acids is 3. The summed E-state index contributed by atoms with van der Waals surface area (Å²) in [6.07, 6.45) is 0.548. The molecular weight excluding hydrogens is 368 g/mol. The molecular formula is C18H22N4O4S. The Balaban J connectivity index is 1.96. The van der Waals surface area contributed by atoms with Gasteiger partial charge in [-0.25, -0.2) is 4.79 Å². The Morgan fingerprint density at radius 2 is 1.96 bits per heavy atom. The molecule has 2 amide bonds. The molecule has 0 bridgehead atoms. The number of rotatable bonds is 8. The first-order valence-electron chi connectivity index (χ1n) is 8.57. The van der Waals surface area contributed by atoms with Crippen LogP contribution in [0.5, 0.6) is 0 Å². The lowest BCUT2D eigenvalue weighted by Gasteiger charge is -2.12. The third-order valence-electron chi connectivity index (χ3n) is 3.53. The Kier molecular flexibility index (Phi) is 7.42. The molecule has 1 aromatic heterocycles. The van der Waals surface area contributed by atoms with Crippen LogP contribution in [0.1, 0.15) is 46.5 Å². The predicted molar refractivity (Wildman–Crippen MR) is 102 cm³/mol. The fraction of sp³-hybridized carbons (Fsp3) is 0.389. The first-order chi connectivity index (χ1) is 12.9. The maximum Gasteiger partial charge on any atom is 0.352 e. The van der Waals surface area contributed by atoms with Gasteiger partial charge >= 0.3 is 5.97 Å². The van der Waals surface area contributed by atoms with Crippen molar-refractivity contribution in [3.05, 3.63) is 40.4 Å². The summed E-state index contributed by atoms with van der Waals surface area (Å²) < 4.78 is 8.74. The van der Waals surface area contributed by atoms with Crippen molar-refractivity contribution in [2.75, 3.05) is 18.5 Å². The Morgan fingerprint density at radius 3 is 2.67 bits per heavy atom. The summed E-state index contributed by atoms with van der Waals surface area (Å²) in [5, 5.41) is 9.24. The van der Waals surface area contributed by atoms with Gasteiger partial charge < -0.3 is 15.4 Å². The Bertz CT molecular complexity index is 819. The number of anilines is 1. The molecule has 0 aliphatic carbocycles. The van der Waals surface area contributed by atoms with Gasteiger partial charge in [0.15, 0.2) is 11.5 Å². The van der Waals surface area contributed by atoms with Gasteiger partial charge in [-0.1, -0.05) is 37.4 Å². The highest BCUT2D eigenvalue weighted by Gasteiger charge is 2.19. The Morgan fingerprint density at radius 1 is 1.22 bits per heavy atom. The van der Waals surface area contributed by atoms with E-state index >= 15 is 0 Å². The first kappa shape index (κ1) is 20.5. The smallest absolute Gasteiger partial charge is 0.352 e. The molecule has 9 heteroatoms. The van der Waals surface area contributed by atoms with E-state index in [1.165, 1.54) is 0 Å². The van der Waals surface area contributed by atoms with E-state index in [9.17, 15) is 14.4 Å². The van der Waals surface area contributed by atoms with E-state index in [4.69, 9.17) is 4.74 Å². The number of esters is 1. The molecule has 0 aliphatic heterocycles. The minimum Gasteiger partial charge on any atom is -0.451 e. The normalized spacial score (nSPS) is 10.5. The van der Waals surface area contributed by atoms with Crippen LogP contribution in [0, 0.1) is 5.92 Å². The quantitative estimate of drug-likeness (QED) is 0.669. The number of nitrogens with zero attached hydrogens (tertiary/aromatic N) is 2. The molecule has 0 saturated heterocycles. The van der Waals surface area contributed by atoms with Crippen molar-refractivity contribution in [3.63, 3.8) is 0 Å². The number of hydrogen-bond acceptors (Lipinski definition) is 7. The van der Waals surface area contributed by atoms with E-state index in [2.05, 4.69) is 20.2 Å². The summed E-state index contributed by atoms with van der Waals surface area (Å²) in [6, 6.07) is 6.65. The van der Waals surface area contributed by atoms with Gasteiger partial charge in [-0.05, 0) is 36.0 Å². The lowest BCUT2D eigenvalue weighted by atomic mass is 10.1. The molecule has 0 radical (unpaired) electrons. The van der Waals surface area contributed by atoms with Crippen LogP contribution in [0.2, 0.25) is 0 Å². The van der Waals surface area contributed by atoms with Crippen molar-refractivity contribution in [2.24, 2.45) is 5.92 Å². The van der Waals surface area contributed by atoms with Crippen molar-refractivity contribution >= 4 is 35.0 Å². The molecule has 0 aliphatic rings. The largest absolute Gasteiger partial charge is 0.451 e. The topological polar surface area (TPSA) is 110 Å². The van der Waals surface area contributed by atoms with E-state index in [-0.39, 0.29) is 5.91 Å². The molecule has 0 spiro atoms. The molecule has 0 atom stereocenters. The molecule has 2 aromatic rings. The summed E-state index contributed by atoms with van der Waals surface area (Å²) in [7, 11) is 0. The van der Waals surface area contributed by atoms with Crippen molar-refractivity contribution in [2.45, 2.75) is 27.2 Å². The van der Waals surface area contributed by atoms with Crippen molar-refractivity contribution in [1.82, 2.24) is 14.9 Å². The van der Waals surface area contributed by atoms with Crippen LogP contribution in [-0.4, -0.2) is 40.5 Å². The summed E-state index contributed by atoms with van der Waals surface area (Å²) >= 11 is 0.932. The number of carbonyl (C=O) groups is 3. The highest BCUT2D eigenvalue weighted by molar-refractivity contribution is 7.07. The zero-order valence-electron chi connectivity index (χ0n) is 15.4. The molecule has 0 saturated carbocycles.